The molecule has 2 aromatic rings. The van der Waals surface area contributed by atoms with Gasteiger partial charge in [0.1, 0.15) is 18.2 Å². The van der Waals surface area contributed by atoms with Crippen molar-refractivity contribution in [2.75, 3.05) is 0 Å². The fourth-order valence-electron chi connectivity index (χ4n) is 1.96. The van der Waals surface area contributed by atoms with Crippen molar-refractivity contribution in [2.45, 2.75) is 26.0 Å². The Morgan fingerprint density at radius 2 is 1.95 bits per heavy atom. The zero-order valence-electron chi connectivity index (χ0n) is 11.8. The summed E-state index contributed by atoms with van der Waals surface area (Å²) in [5.74, 6) is 0.266. The van der Waals surface area contributed by atoms with E-state index in [9.17, 15) is 4.39 Å². The number of hydrogen-bond donors (Lipinski definition) is 1. The molecule has 0 spiro atoms. The van der Waals surface area contributed by atoms with E-state index in [2.05, 4.69) is 0 Å². The molecule has 0 radical (unpaired) electrons. The smallest absolute Gasteiger partial charge is 0.129 e. The van der Waals surface area contributed by atoms with E-state index < -0.39 is 0 Å². The van der Waals surface area contributed by atoms with Crippen LogP contribution in [0.3, 0.4) is 0 Å². The normalized spacial score (nSPS) is 11.7. The lowest BCUT2D eigenvalue weighted by Gasteiger charge is -2.11. The Hall–Kier alpha value is -2.38. The summed E-state index contributed by atoms with van der Waals surface area (Å²) in [5.41, 5.74) is 7.76. The predicted octanol–water partition coefficient (Wildman–Crippen LogP) is 3.69. The second kappa shape index (κ2) is 6.87. The molecule has 2 rings (SSSR count). The highest BCUT2D eigenvalue weighted by Crippen LogP contribution is 2.20. The van der Waals surface area contributed by atoms with Crippen LogP contribution in [-0.2, 0) is 6.61 Å². The van der Waals surface area contributed by atoms with E-state index in [0.717, 1.165) is 12.0 Å². The number of benzene rings is 2. The van der Waals surface area contributed by atoms with Gasteiger partial charge in [0.15, 0.2) is 0 Å². The Morgan fingerprint density at radius 1 is 1.24 bits per heavy atom. The summed E-state index contributed by atoms with van der Waals surface area (Å²) in [5, 5.41) is 8.82. The molecule has 0 unspecified atom stereocenters. The first-order chi connectivity index (χ1) is 10.1. The monoisotopic (exact) mass is 284 g/mol. The first kappa shape index (κ1) is 15.0. The van der Waals surface area contributed by atoms with Gasteiger partial charge in [-0.05, 0) is 42.3 Å². The Balaban J connectivity index is 2.05. The van der Waals surface area contributed by atoms with Crippen LogP contribution in [0.15, 0.2) is 42.5 Å². The van der Waals surface area contributed by atoms with Crippen molar-refractivity contribution < 1.29 is 9.13 Å². The van der Waals surface area contributed by atoms with Crippen LogP contribution < -0.4 is 10.5 Å². The van der Waals surface area contributed by atoms with Crippen molar-refractivity contribution in [2.24, 2.45) is 5.73 Å². The second-order valence-electron chi connectivity index (χ2n) is 4.79. The maximum Gasteiger partial charge on any atom is 0.129 e. The van der Waals surface area contributed by atoms with Crippen molar-refractivity contribution in [3.05, 3.63) is 65.0 Å². The van der Waals surface area contributed by atoms with E-state index >= 15 is 0 Å². The number of hydrogen-bond acceptors (Lipinski definition) is 3. The van der Waals surface area contributed by atoms with Gasteiger partial charge in [0.25, 0.3) is 0 Å². The van der Waals surface area contributed by atoms with Gasteiger partial charge < -0.3 is 10.5 Å². The van der Waals surface area contributed by atoms with Crippen LogP contribution in [0, 0.1) is 17.1 Å². The molecule has 0 aliphatic carbocycles. The first-order valence-corrected chi connectivity index (χ1v) is 6.81. The van der Waals surface area contributed by atoms with Crippen molar-refractivity contribution in [3.8, 4) is 11.8 Å². The third-order valence-electron chi connectivity index (χ3n) is 3.32. The summed E-state index contributed by atoms with van der Waals surface area (Å²) in [7, 11) is 0. The molecular weight excluding hydrogens is 267 g/mol. The summed E-state index contributed by atoms with van der Waals surface area (Å²) in [6.07, 6.45) is 0.867. The molecule has 1 atom stereocenters. The van der Waals surface area contributed by atoms with Gasteiger partial charge in [-0.1, -0.05) is 19.1 Å². The lowest BCUT2D eigenvalue weighted by atomic mass is 10.1. The van der Waals surface area contributed by atoms with Gasteiger partial charge in [-0.25, -0.2) is 4.39 Å². The van der Waals surface area contributed by atoms with Crippen molar-refractivity contribution in [3.63, 3.8) is 0 Å². The van der Waals surface area contributed by atoms with E-state index in [1.165, 1.54) is 18.2 Å². The van der Waals surface area contributed by atoms with Crippen molar-refractivity contribution in [1.82, 2.24) is 0 Å². The molecule has 21 heavy (non-hydrogen) atoms. The van der Waals surface area contributed by atoms with Crippen LogP contribution in [0.25, 0.3) is 0 Å². The molecule has 0 aromatic heterocycles. The molecule has 0 aliphatic heterocycles. The molecule has 0 saturated heterocycles. The minimum Gasteiger partial charge on any atom is -0.489 e. The van der Waals surface area contributed by atoms with E-state index in [0.29, 0.717) is 16.9 Å². The summed E-state index contributed by atoms with van der Waals surface area (Å²) >= 11 is 0. The fraction of sp³-hybridized carbons (Fsp3) is 0.235. The van der Waals surface area contributed by atoms with Gasteiger partial charge in [0, 0.05) is 11.6 Å². The zero-order valence-corrected chi connectivity index (χ0v) is 11.8. The molecule has 0 bridgehead atoms. The molecule has 3 nitrogen and oxygen atoms in total. The van der Waals surface area contributed by atoms with Crippen LogP contribution in [0.1, 0.15) is 36.1 Å². The first-order valence-electron chi connectivity index (χ1n) is 6.81. The second-order valence-corrected chi connectivity index (χ2v) is 4.79. The summed E-state index contributed by atoms with van der Waals surface area (Å²) in [4.78, 5) is 0. The quantitative estimate of drug-likeness (QED) is 0.911. The number of nitriles is 1. The topological polar surface area (TPSA) is 59.0 Å². The Kier molecular flexibility index (Phi) is 4.91. The molecule has 4 heteroatoms. The summed E-state index contributed by atoms with van der Waals surface area (Å²) < 4.78 is 19.2. The zero-order chi connectivity index (χ0) is 15.2. The molecule has 0 amide bonds. The minimum atomic E-state index is -0.376. The standard InChI is InChI=1S/C17H17FN2O/c1-2-17(20)13-4-6-15(7-5-13)21-11-14-9-12(10-19)3-8-16(14)18/h3-9,17H,2,11,20H2,1H3/t17-/m0/s1. The van der Waals surface area contributed by atoms with Crippen LogP contribution in [-0.4, -0.2) is 0 Å². The van der Waals surface area contributed by atoms with Gasteiger partial charge in [-0.15, -0.1) is 0 Å². The summed E-state index contributed by atoms with van der Waals surface area (Å²) in [6.45, 7) is 2.11. The minimum absolute atomic E-state index is 0.0174. The number of rotatable bonds is 5. The third-order valence-corrected chi connectivity index (χ3v) is 3.32. The number of ether oxygens (including phenoxy) is 1. The highest BCUT2D eigenvalue weighted by atomic mass is 19.1. The number of halogens is 1. The lowest BCUT2D eigenvalue weighted by molar-refractivity contribution is 0.299. The Bertz CT molecular complexity index is 647. The predicted molar refractivity (Wildman–Crippen MR) is 79.1 cm³/mol. The van der Waals surface area contributed by atoms with Gasteiger partial charge in [-0.2, -0.15) is 5.26 Å². The van der Waals surface area contributed by atoms with Crippen LogP contribution >= 0.6 is 0 Å². The molecule has 2 aromatic carbocycles. The molecule has 108 valence electrons. The van der Waals surface area contributed by atoms with Crippen molar-refractivity contribution >= 4 is 0 Å². The van der Waals surface area contributed by atoms with E-state index in [-0.39, 0.29) is 18.5 Å². The number of nitrogens with zero attached hydrogens (tertiary/aromatic N) is 1. The third kappa shape index (κ3) is 3.80. The SMILES string of the molecule is CC[C@H](N)c1ccc(OCc2cc(C#N)ccc2F)cc1. The Labute approximate surface area is 123 Å². The van der Waals surface area contributed by atoms with E-state index in [1.807, 2.05) is 37.3 Å². The van der Waals surface area contributed by atoms with Crippen LogP contribution in [0.4, 0.5) is 4.39 Å². The molecule has 0 fully saturated rings. The molecule has 0 aliphatic rings. The number of nitrogens with two attached hydrogens (primary N) is 1. The summed E-state index contributed by atoms with van der Waals surface area (Å²) in [6, 6.07) is 13.7. The maximum absolute atomic E-state index is 13.6. The molecule has 0 heterocycles. The van der Waals surface area contributed by atoms with E-state index in [4.69, 9.17) is 15.7 Å². The van der Waals surface area contributed by atoms with Gasteiger partial charge in [0.05, 0.1) is 11.6 Å². The van der Waals surface area contributed by atoms with Crippen LogP contribution in [0.5, 0.6) is 5.75 Å². The maximum atomic E-state index is 13.6. The van der Waals surface area contributed by atoms with Gasteiger partial charge in [0.2, 0.25) is 0 Å². The van der Waals surface area contributed by atoms with Gasteiger partial charge >= 0.3 is 0 Å². The van der Waals surface area contributed by atoms with Crippen molar-refractivity contribution in [1.29, 1.82) is 5.26 Å². The largest absolute Gasteiger partial charge is 0.489 e. The molecule has 2 N–H and O–H groups in total. The average molecular weight is 284 g/mol. The lowest BCUT2D eigenvalue weighted by Crippen LogP contribution is -2.08. The molecule has 0 saturated carbocycles. The highest BCUT2D eigenvalue weighted by molar-refractivity contribution is 5.34. The Morgan fingerprint density at radius 3 is 2.57 bits per heavy atom. The fourth-order valence-corrected chi connectivity index (χ4v) is 1.96. The van der Waals surface area contributed by atoms with Crippen LogP contribution in [0.2, 0.25) is 0 Å². The van der Waals surface area contributed by atoms with Gasteiger partial charge in [-0.3, -0.25) is 0 Å². The molecular formula is C17H17FN2O. The van der Waals surface area contributed by atoms with E-state index in [1.54, 1.807) is 0 Å². The average Bonchev–Trinajstić information content (AvgIpc) is 2.54. The highest BCUT2D eigenvalue weighted by Gasteiger charge is 2.06.